The number of ether oxygens (including phenoxy) is 1. The smallest absolute Gasteiger partial charge is 0.266 e. The van der Waals surface area contributed by atoms with Gasteiger partial charge in [0.2, 0.25) is 0 Å². The molecular formula is C11H15F4NO. The molecular weight excluding hydrogens is 238 g/mol. The summed E-state index contributed by atoms with van der Waals surface area (Å²) in [7, 11) is 1.45. The lowest BCUT2D eigenvalue weighted by molar-refractivity contribution is 0.00510. The van der Waals surface area contributed by atoms with E-state index in [1.54, 1.807) is 4.90 Å². The summed E-state index contributed by atoms with van der Waals surface area (Å²) >= 11 is 0. The third-order valence-corrected chi connectivity index (χ3v) is 3.55. The fourth-order valence-corrected chi connectivity index (χ4v) is 3.15. The first-order valence-electron chi connectivity index (χ1n) is 5.52. The molecule has 2 aliphatic rings. The van der Waals surface area contributed by atoms with Crippen LogP contribution in [0.15, 0.2) is 12.2 Å². The SMILES string of the molecule is COC[C@@]12C[C@H](C=C(F)F)CN1CC(F)(F)C2. The summed E-state index contributed by atoms with van der Waals surface area (Å²) in [5.41, 5.74) is -0.769. The average molecular weight is 253 g/mol. The number of hydrogen-bond acceptors (Lipinski definition) is 2. The molecule has 0 saturated carbocycles. The number of hydrogen-bond donors (Lipinski definition) is 0. The maximum atomic E-state index is 13.4. The molecule has 2 fully saturated rings. The predicted molar refractivity (Wildman–Crippen MR) is 54.2 cm³/mol. The molecule has 0 aliphatic carbocycles. The lowest BCUT2D eigenvalue weighted by Crippen LogP contribution is -2.42. The summed E-state index contributed by atoms with van der Waals surface area (Å²) in [5, 5.41) is 0. The van der Waals surface area contributed by atoms with Crippen LogP contribution in [0.3, 0.4) is 0 Å². The number of alkyl halides is 2. The fraction of sp³-hybridized carbons (Fsp3) is 0.818. The molecule has 0 unspecified atom stereocenters. The quantitative estimate of drug-likeness (QED) is 0.717. The Morgan fingerprint density at radius 3 is 2.76 bits per heavy atom. The standard InChI is InChI=1S/C11H15F4NO/c1-17-7-10-3-8(2-9(12)13)4-16(10)6-11(14,15)5-10/h2,8H,3-7H2,1H3/t8-,10-/m0/s1. The topological polar surface area (TPSA) is 12.5 Å². The van der Waals surface area contributed by atoms with Crippen LogP contribution in [-0.2, 0) is 4.74 Å². The maximum absolute atomic E-state index is 13.4. The molecule has 2 saturated heterocycles. The van der Waals surface area contributed by atoms with Crippen molar-refractivity contribution in [3.8, 4) is 0 Å². The van der Waals surface area contributed by atoms with Crippen molar-refractivity contribution in [2.24, 2.45) is 5.92 Å². The first kappa shape index (κ1) is 12.8. The minimum Gasteiger partial charge on any atom is -0.383 e. The third kappa shape index (κ3) is 2.47. The van der Waals surface area contributed by atoms with Crippen molar-refractivity contribution in [2.45, 2.75) is 24.3 Å². The Morgan fingerprint density at radius 1 is 1.47 bits per heavy atom. The minimum absolute atomic E-state index is 0.167. The third-order valence-electron chi connectivity index (χ3n) is 3.55. The molecule has 2 nitrogen and oxygen atoms in total. The van der Waals surface area contributed by atoms with E-state index in [1.165, 1.54) is 7.11 Å². The Kier molecular flexibility index (Phi) is 3.20. The maximum Gasteiger partial charge on any atom is 0.266 e. The van der Waals surface area contributed by atoms with Crippen molar-refractivity contribution in [2.75, 3.05) is 26.8 Å². The summed E-state index contributed by atoms with van der Waals surface area (Å²) in [6, 6.07) is 0. The first-order valence-corrected chi connectivity index (χ1v) is 5.52. The number of halogens is 4. The molecule has 2 aliphatic heterocycles. The molecule has 0 amide bonds. The van der Waals surface area contributed by atoms with Crippen molar-refractivity contribution in [3.05, 3.63) is 12.2 Å². The van der Waals surface area contributed by atoms with Crippen LogP contribution in [0, 0.1) is 5.92 Å². The second kappa shape index (κ2) is 4.24. The second-order valence-corrected chi connectivity index (χ2v) is 4.99. The molecule has 0 N–H and O–H groups in total. The van der Waals surface area contributed by atoms with Gasteiger partial charge in [-0.25, -0.2) is 8.78 Å². The van der Waals surface area contributed by atoms with Gasteiger partial charge in [0.15, 0.2) is 0 Å². The van der Waals surface area contributed by atoms with E-state index in [2.05, 4.69) is 0 Å². The van der Waals surface area contributed by atoms with Crippen LogP contribution in [0.25, 0.3) is 0 Å². The second-order valence-electron chi connectivity index (χ2n) is 4.99. The zero-order valence-corrected chi connectivity index (χ0v) is 9.56. The average Bonchev–Trinajstić information content (AvgIpc) is 2.51. The van der Waals surface area contributed by atoms with Crippen LogP contribution in [0.2, 0.25) is 0 Å². The van der Waals surface area contributed by atoms with E-state index in [1.807, 2.05) is 0 Å². The molecule has 0 spiro atoms. The number of methoxy groups -OCH3 is 1. The molecule has 6 heteroatoms. The van der Waals surface area contributed by atoms with Gasteiger partial charge in [0.25, 0.3) is 12.0 Å². The zero-order valence-electron chi connectivity index (χ0n) is 9.56. The highest BCUT2D eigenvalue weighted by atomic mass is 19.3. The molecule has 98 valence electrons. The van der Waals surface area contributed by atoms with Crippen LogP contribution in [0.4, 0.5) is 17.6 Å². The van der Waals surface area contributed by atoms with Gasteiger partial charge < -0.3 is 4.74 Å². The molecule has 2 atom stereocenters. The number of fused-ring (bicyclic) bond motifs is 1. The van der Waals surface area contributed by atoms with E-state index in [-0.39, 0.29) is 32.0 Å². The van der Waals surface area contributed by atoms with Crippen LogP contribution < -0.4 is 0 Å². The molecule has 0 aromatic heterocycles. The van der Waals surface area contributed by atoms with E-state index >= 15 is 0 Å². The van der Waals surface area contributed by atoms with Gasteiger partial charge in [-0.2, -0.15) is 8.78 Å². The highest BCUT2D eigenvalue weighted by molar-refractivity contribution is 5.12. The summed E-state index contributed by atoms with van der Waals surface area (Å²) in [4.78, 5) is 1.60. The van der Waals surface area contributed by atoms with Crippen LogP contribution >= 0.6 is 0 Å². The van der Waals surface area contributed by atoms with E-state index in [0.717, 1.165) is 6.08 Å². The van der Waals surface area contributed by atoms with Gasteiger partial charge >= 0.3 is 0 Å². The lowest BCUT2D eigenvalue weighted by Gasteiger charge is -2.29. The Morgan fingerprint density at radius 2 is 2.18 bits per heavy atom. The molecule has 2 rings (SSSR count). The van der Waals surface area contributed by atoms with Gasteiger partial charge in [-0.1, -0.05) is 0 Å². The first-order chi connectivity index (χ1) is 7.87. The van der Waals surface area contributed by atoms with Crippen molar-refractivity contribution in [1.82, 2.24) is 4.90 Å². The van der Waals surface area contributed by atoms with Crippen molar-refractivity contribution in [1.29, 1.82) is 0 Å². The molecule has 17 heavy (non-hydrogen) atoms. The van der Waals surface area contributed by atoms with Crippen molar-refractivity contribution < 1.29 is 22.3 Å². The number of rotatable bonds is 3. The predicted octanol–water partition coefficient (Wildman–Crippen LogP) is 2.51. The van der Waals surface area contributed by atoms with Gasteiger partial charge in [-0.15, -0.1) is 0 Å². The van der Waals surface area contributed by atoms with E-state index in [0.29, 0.717) is 6.42 Å². The fourth-order valence-electron chi connectivity index (χ4n) is 3.15. The highest BCUT2D eigenvalue weighted by Gasteiger charge is 2.58. The summed E-state index contributed by atoms with van der Waals surface area (Å²) in [6.45, 7) is 0.0751. The normalized spacial score (nSPS) is 35.9. The van der Waals surface area contributed by atoms with Gasteiger partial charge in [-0.05, 0) is 18.4 Å². The number of nitrogens with zero attached hydrogens (tertiary/aromatic N) is 1. The van der Waals surface area contributed by atoms with Gasteiger partial charge in [-0.3, -0.25) is 4.90 Å². The van der Waals surface area contributed by atoms with Gasteiger partial charge in [0, 0.05) is 20.1 Å². The Hall–Kier alpha value is -0.620. The molecule has 2 heterocycles. The summed E-state index contributed by atoms with van der Waals surface area (Å²) in [5.74, 6) is -3.09. The summed E-state index contributed by atoms with van der Waals surface area (Å²) in [6.07, 6.45) is -0.858. The van der Waals surface area contributed by atoms with Crippen molar-refractivity contribution in [3.63, 3.8) is 0 Å². The zero-order chi connectivity index (χ0) is 12.7. The Bertz CT molecular complexity index is 329. The van der Waals surface area contributed by atoms with Crippen LogP contribution in [0.1, 0.15) is 12.8 Å². The van der Waals surface area contributed by atoms with E-state index in [4.69, 9.17) is 4.74 Å². The molecule has 0 radical (unpaired) electrons. The van der Waals surface area contributed by atoms with Gasteiger partial charge in [0.1, 0.15) is 0 Å². The van der Waals surface area contributed by atoms with E-state index < -0.39 is 17.5 Å². The van der Waals surface area contributed by atoms with E-state index in [9.17, 15) is 17.6 Å². The minimum atomic E-state index is -2.73. The molecule has 0 bridgehead atoms. The molecule has 0 aromatic carbocycles. The molecule has 0 aromatic rings. The van der Waals surface area contributed by atoms with Crippen LogP contribution in [0.5, 0.6) is 0 Å². The summed E-state index contributed by atoms with van der Waals surface area (Å²) < 4.78 is 56.1. The van der Waals surface area contributed by atoms with Crippen molar-refractivity contribution >= 4 is 0 Å². The van der Waals surface area contributed by atoms with Gasteiger partial charge in [0.05, 0.1) is 18.7 Å². The highest BCUT2D eigenvalue weighted by Crippen LogP contribution is 2.48. The lowest BCUT2D eigenvalue weighted by atomic mass is 9.90. The monoisotopic (exact) mass is 253 g/mol. The largest absolute Gasteiger partial charge is 0.383 e. The van der Waals surface area contributed by atoms with Crippen LogP contribution in [-0.4, -0.2) is 43.2 Å². The Balaban J connectivity index is 2.15. The Labute approximate surface area is 97.2 Å².